The van der Waals surface area contributed by atoms with Gasteiger partial charge in [-0.1, -0.05) is 30.3 Å². The quantitative estimate of drug-likeness (QED) is 0.605. The lowest BCUT2D eigenvalue weighted by Crippen LogP contribution is -2.41. The average molecular weight is 392 g/mol. The van der Waals surface area contributed by atoms with Gasteiger partial charge in [0.2, 0.25) is 0 Å². The molecule has 2 aliphatic rings. The molecule has 6 nitrogen and oxygen atoms in total. The molecular formula is C23H24N2O4. The van der Waals surface area contributed by atoms with Gasteiger partial charge in [-0.2, -0.15) is 0 Å². The van der Waals surface area contributed by atoms with Crippen molar-refractivity contribution in [3.63, 3.8) is 0 Å². The zero-order valence-corrected chi connectivity index (χ0v) is 16.7. The molecule has 150 valence electrons. The van der Waals surface area contributed by atoms with Crippen molar-refractivity contribution < 1.29 is 19.1 Å². The molecule has 3 amide bonds. The third-order valence-corrected chi connectivity index (χ3v) is 5.79. The minimum absolute atomic E-state index is 0.0974. The first-order valence-electron chi connectivity index (χ1n) is 9.89. The fourth-order valence-electron chi connectivity index (χ4n) is 4.11. The van der Waals surface area contributed by atoms with Gasteiger partial charge in [0.15, 0.2) is 5.78 Å². The molecule has 1 heterocycles. The van der Waals surface area contributed by atoms with E-state index in [2.05, 4.69) is 11.4 Å². The van der Waals surface area contributed by atoms with E-state index in [0.29, 0.717) is 11.3 Å². The van der Waals surface area contributed by atoms with Crippen molar-refractivity contribution >= 4 is 17.7 Å². The Morgan fingerprint density at radius 1 is 1.14 bits per heavy atom. The second-order valence-corrected chi connectivity index (χ2v) is 7.75. The van der Waals surface area contributed by atoms with E-state index < -0.39 is 11.6 Å². The highest BCUT2D eigenvalue weighted by Crippen LogP contribution is 2.32. The predicted octanol–water partition coefficient (Wildman–Crippen LogP) is 3.22. The number of benzene rings is 2. The number of ether oxygens (including phenoxy) is 1. The van der Waals surface area contributed by atoms with Crippen molar-refractivity contribution in [2.45, 2.75) is 38.6 Å². The number of nitrogens with one attached hydrogen (secondary N) is 1. The van der Waals surface area contributed by atoms with Gasteiger partial charge in [-0.25, -0.2) is 4.79 Å². The van der Waals surface area contributed by atoms with E-state index in [9.17, 15) is 14.4 Å². The first kappa shape index (κ1) is 19.2. The Balaban J connectivity index is 1.47. The fraction of sp³-hybridized carbons (Fsp3) is 0.348. The molecule has 29 heavy (non-hydrogen) atoms. The number of hydrogen-bond acceptors (Lipinski definition) is 4. The van der Waals surface area contributed by atoms with E-state index in [4.69, 9.17) is 4.74 Å². The summed E-state index contributed by atoms with van der Waals surface area (Å²) in [7, 11) is 0. The summed E-state index contributed by atoms with van der Waals surface area (Å²) in [6.45, 7) is 3.44. The van der Waals surface area contributed by atoms with Crippen molar-refractivity contribution in [2.24, 2.45) is 0 Å². The van der Waals surface area contributed by atoms with Gasteiger partial charge in [0.1, 0.15) is 17.9 Å². The van der Waals surface area contributed by atoms with Crippen LogP contribution >= 0.6 is 0 Å². The van der Waals surface area contributed by atoms with Gasteiger partial charge in [-0.05, 0) is 61.9 Å². The maximum absolute atomic E-state index is 13.1. The van der Waals surface area contributed by atoms with Gasteiger partial charge in [0.05, 0.1) is 12.1 Å². The third-order valence-electron chi connectivity index (χ3n) is 5.79. The molecule has 0 radical (unpaired) electrons. The Labute approximate surface area is 169 Å². The minimum atomic E-state index is -1.08. The molecule has 0 spiro atoms. The number of para-hydroxylation sites is 1. The average Bonchev–Trinajstić information content (AvgIpc) is 3.26. The summed E-state index contributed by atoms with van der Waals surface area (Å²) in [5, 5.41) is 2.84. The molecule has 4 rings (SSSR count). The second-order valence-electron chi connectivity index (χ2n) is 7.75. The summed E-state index contributed by atoms with van der Waals surface area (Å²) in [5.74, 6) is 0.0668. The SMILES string of the molecule is CC(=O)c1ccccc1OCCN1C(=O)NC(C)(c2ccc3c(c2)CCC3)C1=O. The van der Waals surface area contributed by atoms with Gasteiger partial charge in [0.25, 0.3) is 5.91 Å². The second kappa shape index (κ2) is 7.35. The predicted molar refractivity (Wildman–Crippen MR) is 108 cm³/mol. The Kier molecular flexibility index (Phi) is 4.86. The number of aryl methyl sites for hydroxylation is 2. The Morgan fingerprint density at radius 2 is 1.90 bits per heavy atom. The van der Waals surface area contributed by atoms with Gasteiger partial charge in [0, 0.05) is 0 Å². The highest BCUT2D eigenvalue weighted by Gasteiger charge is 2.49. The molecule has 1 saturated heterocycles. The number of urea groups is 1. The number of ketones is 1. The van der Waals surface area contributed by atoms with Gasteiger partial charge in [-0.15, -0.1) is 0 Å². The molecule has 1 aliphatic carbocycles. The summed E-state index contributed by atoms with van der Waals surface area (Å²) in [5.41, 5.74) is 2.79. The molecule has 2 aromatic rings. The molecule has 0 aromatic heterocycles. The minimum Gasteiger partial charge on any atom is -0.491 e. The third kappa shape index (κ3) is 3.39. The van der Waals surface area contributed by atoms with E-state index in [1.807, 2.05) is 12.1 Å². The van der Waals surface area contributed by atoms with E-state index in [0.717, 1.165) is 24.8 Å². The molecule has 1 unspecified atom stereocenters. The molecule has 1 N–H and O–H groups in total. The number of carbonyl (C=O) groups excluding carboxylic acids is 3. The maximum atomic E-state index is 13.1. The molecule has 1 atom stereocenters. The molecular weight excluding hydrogens is 368 g/mol. The van der Waals surface area contributed by atoms with Gasteiger partial charge >= 0.3 is 6.03 Å². The van der Waals surface area contributed by atoms with Crippen LogP contribution in [0.4, 0.5) is 4.79 Å². The van der Waals surface area contributed by atoms with E-state index in [1.54, 1.807) is 31.2 Å². The lowest BCUT2D eigenvalue weighted by molar-refractivity contribution is -0.131. The number of nitrogens with zero attached hydrogens (tertiary/aromatic N) is 1. The van der Waals surface area contributed by atoms with Crippen molar-refractivity contribution in [2.75, 3.05) is 13.2 Å². The fourth-order valence-corrected chi connectivity index (χ4v) is 4.11. The van der Waals surface area contributed by atoms with Crippen LogP contribution in [0.3, 0.4) is 0 Å². The molecule has 1 fully saturated rings. The topological polar surface area (TPSA) is 75.7 Å². The van der Waals surface area contributed by atoms with E-state index in [-0.39, 0.29) is 24.8 Å². The Bertz CT molecular complexity index is 1000. The number of rotatable bonds is 6. The number of fused-ring (bicyclic) bond motifs is 1. The van der Waals surface area contributed by atoms with Crippen LogP contribution in [0, 0.1) is 0 Å². The standard InChI is InChI=1S/C23H24N2O4/c1-15(26)19-8-3-4-9-20(19)29-13-12-25-21(27)23(2,24-22(25)28)18-11-10-16-6-5-7-17(16)14-18/h3-4,8-11,14H,5-7,12-13H2,1-2H3,(H,24,28). The van der Waals surface area contributed by atoms with Crippen LogP contribution < -0.4 is 10.1 Å². The highest BCUT2D eigenvalue weighted by atomic mass is 16.5. The number of Topliss-reactive ketones (excluding diaryl/α,β-unsaturated/α-hetero) is 1. The largest absolute Gasteiger partial charge is 0.491 e. The van der Waals surface area contributed by atoms with Crippen LogP contribution in [-0.4, -0.2) is 35.8 Å². The van der Waals surface area contributed by atoms with Crippen LogP contribution in [0.15, 0.2) is 42.5 Å². The first-order chi connectivity index (χ1) is 13.9. The van der Waals surface area contributed by atoms with E-state index >= 15 is 0 Å². The highest BCUT2D eigenvalue weighted by molar-refractivity contribution is 6.07. The van der Waals surface area contributed by atoms with Crippen LogP contribution in [0.5, 0.6) is 5.75 Å². The molecule has 0 bridgehead atoms. The van der Waals surface area contributed by atoms with Crippen molar-refractivity contribution in [3.8, 4) is 5.75 Å². The normalized spacial score (nSPS) is 20.6. The Hall–Kier alpha value is -3.15. The van der Waals surface area contributed by atoms with Crippen LogP contribution in [0.1, 0.15) is 47.3 Å². The summed E-state index contributed by atoms with van der Waals surface area (Å²) in [6, 6.07) is 12.6. The smallest absolute Gasteiger partial charge is 0.325 e. The van der Waals surface area contributed by atoms with Crippen molar-refractivity contribution in [3.05, 3.63) is 64.7 Å². The van der Waals surface area contributed by atoms with Gasteiger partial charge in [-0.3, -0.25) is 14.5 Å². The summed E-state index contributed by atoms with van der Waals surface area (Å²) in [6.07, 6.45) is 3.20. The Morgan fingerprint density at radius 3 is 2.69 bits per heavy atom. The zero-order chi connectivity index (χ0) is 20.6. The lowest BCUT2D eigenvalue weighted by atomic mass is 9.90. The van der Waals surface area contributed by atoms with Crippen LogP contribution in [0.2, 0.25) is 0 Å². The monoisotopic (exact) mass is 392 g/mol. The zero-order valence-electron chi connectivity index (χ0n) is 16.7. The lowest BCUT2D eigenvalue weighted by Gasteiger charge is -2.23. The summed E-state index contributed by atoms with van der Waals surface area (Å²) < 4.78 is 5.70. The number of hydrogen-bond donors (Lipinski definition) is 1. The van der Waals surface area contributed by atoms with Crippen LogP contribution in [0.25, 0.3) is 0 Å². The van der Waals surface area contributed by atoms with Gasteiger partial charge < -0.3 is 10.1 Å². The number of imide groups is 1. The van der Waals surface area contributed by atoms with E-state index in [1.165, 1.54) is 23.0 Å². The van der Waals surface area contributed by atoms with Crippen molar-refractivity contribution in [1.29, 1.82) is 0 Å². The first-order valence-corrected chi connectivity index (χ1v) is 9.89. The number of carbonyl (C=O) groups is 3. The molecule has 1 aliphatic heterocycles. The summed E-state index contributed by atoms with van der Waals surface area (Å²) in [4.78, 5) is 38.5. The molecule has 2 aromatic carbocycles. The van der Waals surface area contributed by atoms with Crippen molar-refractivity contribution in [1.82, 2.24) is 10.2 Å². The number of amides is 3. The summed E-state index contributed by atoms with van der Waals surface area (Å²) >= 11 is 0. The maximum Gasteiger partial charge on any atom is 0.325 e. The van der Waals surface area contributed by atoms with Crippen LogP contribution in [-0.2, 0) is 23.2 Å². The molecule has 6 heteroatoms. The molecule has 0 saturated carbocycles.